The molecule has 0 unspecified atom stereocenters. The number of amides is 1. The number of pyridine rings is 1. The number of hydrogen-bond acceptors (Lipinski definition) is 3. The minimum atomic E-state index is -0.0970. The van der Waals surface area contributed by atoms with Gasteiger partial charge >= 0.3 is 0 Å². The van der Waals surface area contributed by atoms with Crippen LogP contribution < -0.4 is 15.6 Å². The number of aryl methyl sites for hydroxylation is 2. The molecule has 0 aliphatic heterocycles. The first-order valence-electron chi connectivity index (χ1n) is 9.58. The van der Waals surface area contributed by atoms with Crippen molar-refractivity contribution >= 4 is 16.8 Å². The average molecular weight is 378 g/mol. The summed E-state index contributed by atoms with van der Waals surface area (Å²) in [7, 11) is 0. The molecule has 1 heterocycles. The Balaban J connectivity index is 1.59. The lowest BCUT2D eigenvalue weighted by Gasteiger charge is -2.09. The van der Waals surface area contributed by atoms with E-state index in [1.54, 1.807) is 0 Å². The summed E-state index contributed by atoms with van der Waals surface area (Å²) in [6, 6.07) is 13.6. The van der Waals surface area contributed by atoms with Gasteiger partial charge in [0, 0.05) is 12.1 Å². The molecule has 0 fully saturated rings. The summed E-state index contributed by atoms with van der Waals surface area (Å²) in [5.74, 6) is 0.737. The highest BCUT2D eigenvalue weighted by Gasteiger charge is 2.08. The van der Waals surface area contributed by atoms with Gasteiger partial charge in [0.05, 0.1) is 18.5 Å². The lowest BCUT2D eigenvalue weighted by molar-refractivity contribution is -0.120. The Labute approximate surface area is 164 Å². The molecule has 28 heavy (non-hydrogen) atoms. The fourth-order valence-electron chi connectivity index (χ4n) is 3.37. The summed E-state index contributed by atoms with van der Waals surface area (Å²) >= 11 is 0. The van der Waals surface area contributed by atoms with E-state index in [0.717, 1.165) is 33.3 Å². The molecule has 0 aliphatic rings. The Hall–Kier alpha value is -3.08. The standard InChI is InChI=1S/C23H26N2O3/c1-4-28-20-7-5-17(6-8-20)13-21(26)24-10-9-18-14-19-12-15(2)11-16(3)22(19)25-23(18)27/h5-8,11-12,14H,4,9-10,13H2,1-3H3,(H,24,26)(H,25,27). The van der Waals surface area contributed by atoms with E-state index < -0.39 is 0 Å². The first-order valence-corrected chi connectivity index (χ1v) is 9.58. The molecule has 2 N–H and O–H groups in total. The molecule has 1 aromatic heterocycles. The van der Waals surface area contributed by atoms with Crippen molar-refractivity contribution in [2.24, 2.45) is 0 Å². The monoisotopic (exact) mass is 378 g/mol. The molecule has 0 bridgehead atoms. The predicted molar refractivity (Wildman–Crippen MR) is 112 cm³/mol. The second kappa shape index (κ2) is 8.74. The number of rotatable bonds is 7. The smallest absolute Gasteiger partial charge is 0.251 e. The lowest BCUT2D eigenvalue weighted by Crippen LogP contribution is -2.28. The SMILES string of the molecule is CCOc1ccc(CC(=O)NCCc2cc3cc(C)cc(C)c3[nH]c2=O)cc1. The third-order valence-electron chi connectivity index (χ3n) is 4.69. The van der Waals surface area contributed by atoms with E-state index in [2.05, 4.69) is 22.4 Å². The van der Waals surface area contributed by atoms with Gasteiger partial charge in [0.25, 0.3) is 5.56 Å². The summed E-state index contributed by atoms with van der Waals surface area (Å²) in [6.07, 6.45) is 0.798. The van der Waals surface area contributed by atoms with Crippen LogP contribution in [-0.2, 0) is 17.6 Å². The summed E-state index contributed by atoms with van der Waals surface area (Å²) < 4.78 is 5.40. The predicted octanol–water partition coefficient (Wildman–Crippen LogP) is 3.45. The van der Waals surface area contributed by atoms with E-state index in [-0.39, 0.29) is 11.5 Å². The molecule has 0 saturated carbocycles. The molecule has 2 aromatic carbocycles. The fraction of sp³-hybridized carbons (Fsp3) is 0.304. The Kier molecular flexibility index (Phi) is 6.14. The van der Waals surface area contributed by atoms with Gasteiger partial charge in [-0.05, 0) is 68.0 Å². The number of benzene rings is 2. The molecule has 0 saturated heterocycles. The van der Waals surface area contributed by atoms with E-state index in [0.29, 0.717) is 31.6 Å². The quantitative estimate of drug-likeness (QED) is 0.662. The first kappa shape index (κ1) is 19.7. The topological polar surface area (TPSA) is 71.2 Å². The molecule has 0 radical (unpaired) electrons. The molecular weight excluding hydrogens is 352 g/mol. The largest absolute Gasteiger partial charge is 0.494 e. The number of carbonyl (C=O) groups excluding carboxylic acids is 1. The van der Waals surface area contributed by atoms with Crippen molar-refractivity contribution in [3.05, 3.63) is 75.1 Å². The number of hydrogen-bond donors (Lipinski definition) is 2. The highest BCUT2D eigenvalue weighted by atomic mass is 16.5. The number of aromatic amines is 1. The first-order chi connectivity index (χ1) is 13.5. The van der Waals surface area contributed by atoms with Gasteiger partial charge in [-0.1, -0.05) is 23.8 Å². The molecule has 0 atom stereocenters. The third kappa shape index (κ3) is 4.80. The zero-order chi connectivity index (χ0) is 20.1. The van der Waals surface area contributed by atoms with Crippen molar-refractivity contribution in [3.63, 3.8) is 0 Å². The number of fused-ring (bicyclic) bond motifs is 1. The maximum absolute atomic E-state index is 12.3. The molecule has 3 rings (SSSR count). The molecule has 5 nitrogen and oxygen atoms in total. The van der Waals surface area contributed by atoms with E-state index >= 15 is 0 Å². The van der Waals surface area contributed by atoms with E-state index in [9.17, 15) is 9.59 Å². The average Bonchev–Trinajstić information content (AvgIpc) is 2.65. The van der Waals surface area contributed by atoms with Crippen LogP contribution in [0.2, 0.25) is 0 Å². The van der Waals surface area contributed by atoms with Crippen LogP contribution in [0.3, 0.4) is 0 Å². The fourth-order valence-corrected chi connectivity index (χ4v) is 3.37. The zero-order valence-electron chi connectivity index (χ0n) is 16.6. The molecule has 0 spiro atoms. The zero-order valence-corrected chi connectivity index (χ0v) is 16.6. The van der Waals surface area contributed by atoms with Crippen LogP contribution in [0.5, 0.6) is 5.75 Å². The van der Waals surface area contributed by atoms with Crippen molar-refractivity contribution in [2.45, 2.75) is 33.6 Å². The summed E-state index contributed by atoms with van der Waals surface area (Å²) in [5.41, 5.74) is 4.60. The second-order valence-corrected chi connectivity index (χ2v) is 7.02. The van der Waals surface area contributed by atoms with E-state index in [1.165, 1.54) is 0 Å². The summed E-state index contributed by atoms with van der Waals surface area (Å²) in [4.78, 5) is 27.5. The van der Waals surface area contributed by atoms with Gasteiger partial charge < -0.3 is 15.0 Å². The van der Waals surface area contributed by atoms with Gasteiger partial charge in [0.1, 0.15) is 5.75 Å². The van der Waals surface area contributed by atoms with Gasteiger partial charge in [0.15, 0.2) is 0 Å². The Morgan fingerprint density at radius 3 is 2.57 bits per heavy atom. The molecular formula is C23H26N2O3. The number of nitrogens with one attached hydrogen (secondary N) is 2. The van der Waals surface area contributed by atoms with Gasteiger partial charge in [-0.25, -0.2) is 0 Å². The van der Waals surface area contributed by atoms with Crippen LogP contribution in [0, 0.1) is 13.8 Å². The molecule has 146 valence electrons. The molecule has 3 aromatic rings. The van der Waals surface area contributed by atoms with Crippen molar-refractivity contribution in [2.75, 3.05) is 13.2 Å². The van der Waals surface area contributed by atoms with Crippen molar-refractivity contribution in [1.82, 2.24) is 10.3 Å². The molecule has 1 amide bonds. The second-order valence-electron chi connectivity index (χ2n) is 7.02. The Morgan fingerprint density at radius 2 is 1.86 bits per heavy atom. The minimum absolute atomic E-state index is 0.0620. The van der Waals surface area contributed by atoms with Crippen molar-refractivity contribution in [1.29, 1.82) is 0 Å². The third-order valence-corrected chi connectivity index (χ3v) is 4.69. The van der Waals surface area contributed by atoms with Crippen molar-refractivity contribution in [3.8, 4) is 5.75 Å². The van der Waals surface area contributed by atoms with Crippen molar-refractivity contribution < 1.29 is 9.53 Å². The van der Waals surface area contributed by atoms with Gasteiger partial charge in [-0.15, -0.1) is 0 Å². The Morgan fingerprint density at radius 1 is 1.11 bits per heavy atom. The highest BCUT2D eigenvalue weighted by molar-refractivity contribution is 5.83. The highest BCUT2D eigenvalue weighted by Crippen LogP contribution is 2.18. The number of H-pyrrole nitrogens is 1. The number of carbonyl (C=O) groups is 1. The summed E-state index contributed by atoms with van der Waals surface area (Å²) in [5, 5.41) is 3.92. The van der Waals surface area contributed by atoms with Crippen LogP contribution in [0.4, 0.5) is 0 Å². The maximum atomic E-state index is 12.3. The van der Waals surface area contributed by atoms with E-state index in [4.69, 9.17) is 4.74 Å². The van der Waals surface area contributed by atoms with Crippen LogP contribution in [0.1, 0.15) is 29.2 Å². The normalized spacial score (nSPS) is 10.8. The van der Waals surface area contributed by atoms with Gasteiger partial charge in [0.2, 0.25) is 5.91 Å². The minimum Gasteiger partial charge on any atom is -0.494 e. The van der Waals surface area contributed by atoms with Gasteiger partial charge in [-0.2, -0.15) is 0 Å². The van der Waals surface area contributed by atoms with Gasteiger partial charge in [-0.3, -0.25) is 9.59 Å². The van der Waals surface area contributed by atoms with Crippen LogP contribution in [-0.4, -0.2) is 24.0 Å². The Bertz CT molecular complexity index is 1040. The summed E-state index contributed by atoms with van der Waals surface area (Å²) in [6.45, 7) is 7.01. The lowest BCUT2D eigenvalue weighted by atomic mass is 10.0. The van der Waals surface area contributed by atoms with E-state index in [1.807, 2.05) is 51.1 Å². The molecule has 0 aliphatic carbocycles. The van der Waals surface area contributed by atoms with Crippen LogP contribution in [0.15, 0.2) is 47.3 Å². The number of aromatic nitrogens is 1. The maximum Gasteiger partial charge on any atom is 0.251 e. The van der Waals surface area contributed by atoms with Crippen LogP contribution >= 0.6 is 0 Å². The molecule has 5 heteroatoms. The number of ether oxygens (including phenoxy) is 1. The van der Waals surface area contributed by atoms with Crippen LogP contribution in [0.25, 0.3) is 10.9 Å².